The van der Waals surface area contributed by atoms with E-state index in [1.165, 1.54) is 6.20 Å². The second kappa shape index (κ2) is 8.19. The molecule has 1 amide bonds. The standard InChI is InChI=1S/C14H22N4O2S/c1-21-7-4-11(10-19)16-13-9-15-8-12(17-13)14(20)18-5-2-3-6-18/h8-9,11,19H,2-7,10H2,1H3,(H,16,17)/t11-/m0/s1. The topological polar surface area (TPSA) is 78.3 Å². The number of hydrogen-bond acceptors (Lipinski definition) is 6. The number of likely N-dealkylation sites (tertiary alicyclic amines) is 1. The van der Waals surface area contributed by atoms with Crippen molar-refractivity contribution in [1.82, 2.24) is 14.9 Å². The molecule has 7 heteroatoms. The number of aliphatic hydroxyl groups is 1. The Kier molecular flexibility index (Phi) is 6.25. The Morgan fingerprint density at radius 2 is 2.24 bits per heavy atom. The number of nitrogens with zero attached hydrogens (tertiary/aromatic N) is 3. The molecule has 2 rings (SSSR count). The molecule has 21 heavy (non-hydrogen) atoms. The van der Waals surface area contributed by atoms with E-state index >= 15 is 0 Å². The fourth-order valence-corrected chi connectivity index (χ4v) is 2.82. The van der Waals surface area contributed by atoms with Crippen LogP contribution in [0.4, 0.5) is 5.82 Å². The quantitative estimate of drug-likeness (QED) is 0.789. The summed E-state index contributed by atoms with van der Waals surface area (Å²) in [5.41, 5.74) is 0.364. The van der Waals surface area contributed by atoms with Crippen LogP contribution < -0.4 is 5.32 Å². The molecule has 0 saturated carbocycles. The van der Waals surface area contributed by atoms with Gasteiger partial charge in [-0.25, -0.2) is 4.98 Å². The first-order valence-electron chi connectivity index (χ1n) is 7.22. The van der Waals surface area contributed by atoms with Crippen molar-refractivity contribution in [3.05, 3.63) is 18.1 Å². The van der Waals surface area contributed by atoms with Crippen LogP contribution in [-0.4, -0.2) is 63.6 Å². The molecule has 1 fully saturated rings. The van der Waals surface area contributed by atoms with Gasteiger partial charge in [0, 0.05) is 13.1 Å². The summed E-state index contributed by atoms with van der Waals surface area (Å²) in [4.78, 5) is 22.5. The zero-order valence-corrected chi connectivity index (χ0v) is 13.1. The lowest BCUT2D eigenvalue weighted by molar-refractivity contribution is 0.0786. The van der Waals surface area contributed by atoms with E-state index in [4.69, 9.17) is 0 Å². The predicted molar refractivity (Wildman–Crippen MR) is 84.7 cm³/mol. The summed E-state index contributed by atoms with van der Waals surface area (Å²) in [5, 5.41) is 12.5. The molecule has 6 nitrogen and oxygen atoms in total. The third-order valence-corrected chi connectivity index (χ3v) is 4.13. The van der Waals surface area contributed by atoms with E-state index in [0.29, 0.717) is 11.5 Å². The van der Waals surface area contributed by atoms with Gasteiger partial charge in [-0.1, -0.05) is 0 Å². The Labute approximate surface area is 129 Å². The van der Waals surface area contributed by atoms with Crippen molar-refractivity contribution < 1.29 is 9.90 Å². The number of rotatable bonds is 7. The average Bonchev–Trinajstić information content (AvgIpc) is 3.05. The number of carbonyl (C=O) groups excluding carboxylic acids is 1. The Morgan fingerprint density at radius 3 is 2.90 bits per heavy atom. The van der Waals surface area contributed by atoms with Crippen molar-refractivity contribution in [2.45, 2.75) is 25.3 Å². The van der Waals surface area contributed by atoms with Gasteiger partial charge >= 0.3 is 0 Å². The first kappa shape index (κ1) is 16.0. The molecule has 1 aliphatic rings. The fourth-order valence-electron chi connectivity index (χ4n) is 2.30. The van der Waals surface area contributed by atoms with Gasteiger partial charge in [-0.05, 0) is 31.3 Å². The lowest BCUT2D eigenvalue weighted by atomic mass is 10.2. The van der Waals surface area contributed by atoms with E-state index in [2.05, 4.69) is 15.3 Å². The van der Waals surface area contributed by atoms with Gasteiger partial charge in [0.2, 0.25) is 0 Å². The molecule has 1 saturated heterocycles. The Morgan fingerprint density at radius 1 is 1.48 bits per heavy atom. The maximum absolute atomic E-state index is 12.3. The number of thioether (sulfide) groups is 1. The molecular formula is C14H22N4O2S. The molecule has 0 radical (unpaired) electrons. The van der Waals surface area contributed by atoms with Crippen LogP contribution in [-0.2, 0) is 0 Å². The molecule has 0 aromatic carbocycles. The SMILES string of the molecule is CSCC[C@@H](CO)Nc1cncc(C(=O)N2CCCC2)n1. The third-order valence-electron chi connectivity index (χ3n) is 3.49. The molecule has 116 valence electrons. The molecule has 1 atom stereocenters. The van der Waals surface area contributed by atoms with Crippen LogP contribution in [0.3, 0.4) is 0 Å². The molecular weight excluding hydrogens is 288 g/mol. The largest absolute Gasteiger partial charge is 0.394 e. The summed E-state index contributed by atoms with van der Waals surface area (Å²) < 4.78 is 0. The molecule has 2 N–H and O–H groups in total. The molecule has 2 heterocycles. The summed E-state index contributed by atoms with van der Waals surface area (Å²) in [5.74, 6) is 1.44. The highest BCUT2D eigenvalue weighted by Gasteiger charge is 2.21. The zero-order valence-electron chi connectivity index (χ0n) is 12.3. The van der Waals surface area contributed by atoms with Gasteiger partial charge in [0.25, 0.3) is 5.91 Å². The highest BCUT2D eigenvalue weighted by atomic mass is 32.2. The second-order valence-corrected chi connectivity index (χ2v) is 6.08. The van der Waals surface area contributed by atoms with Gasteiger partial charge in [-0.3, -0.25) is 9.78 Å². The van der Waals surface area contributed by atoms with Gasteiger partial charge in [-0.15, -0.1) is 0 Å². The normalized spacial score (nSPS) is 16.0. The maximum Gasteiger partial charge on any atom is 0.274 e. The summed E-state index contributed by atoms with van der Waals surface area (Å²) in [6, 6.07) is -0.0658. The summed E-state index contributed by atoms with van der Waals surface area (Å²) in [6.45, 7) is 1.63. The molecule has 0 bridgehead atoms. The number of amides is 1. The van der Waals surface area contributed by atoms with Crippen molar-refractivity contribution in [2.75, 3.05) is 37.0 Å². The highest BCUT2D eigenvalue weighted by Crippen LogP contribution is 2.13. The van der Waals surface area contributed by atoms with Crippen LogP contribution >= 0.6 is 11.8 Å². The Balaban J connectivity index is 2.01. The second-order valence-electron chi connectivity index (χ2n) is 5.09. The van der Waals surface area contributed by atoms with Crippen LogP contribution in [0.2, 0.25) is 0 Å². The van der Waals surface area contributed by atoms with E-state index in [1.54, 1.807) is 18.0 Å². The van der Waals surface area contributed by atoms with E-state index in [9.17, 15) is 9.90 Å². The van der Waals surface area contributed by atoms with Gasteiger partial charge in [-0.2, -0.15) is 11.8 Å². The smallest absolute Gasteiger partial charge is 0.274 e. The number of nitrogens with one attached hydrogen (secondary N) is 1. The number of carbonyl (C=O) groups is 1. The minimum atomic E-state index is -0.0658. The van der Waals surface area contributed by atoms with E-state index in [1.807, 2.05) is 11.2 Å². The van der Waals surface area contributed by atoms with E-state index in [0.717, 1.165) is 38.1 Å². The van der Waals surface area contributed by atoms with Crippen molar-refractivity contribution in [3.8, 4) is 0 Å². The van der Waals surface area contributed by atoms with Gasteiger partial charge in [0.05, 0.1) is 25.0 Å². The monoisotopic (exact) mass is 310 g/mol. The summed E-state index contributed by atoms with van der Waals surface area (Å²) >= 11 is 1.73. The van der Waals surface area contributed by atoms with E-state index in [-0.39, 0.29) is 18.6 Å². The highest BCUT2D eigenvalue weighted by molar-refractivity contribution is 7.98. The molecule has 0 unspecified atom stereocenters. The summed E-state index contributed by atoms with van der Waals surface area (Å²) in [6.07, 6.45) is 8.06. The first-order chi connectivity index (χ1) is 10.2. The van der Waals surface area contributed by atoms with Crippen LogP contribution in [0.25, 0.3) is 0 Å². The predicted octanol–water partition coefficient (Wildman–Crippen LogP) is 1.24. The molecule has 1 aliphatic heterocycles. The van der Waals surface area contributed by atoms with Gasteiger partial charge in [0.15, 0.2) is 0 Å². The van der Waals surface area contributed by atoms with Crippen LogP contribution in [0, 0.1) is 0 Å². The fraction of sp³-hybridized carbons (Fsp3) is 0.643. The Bertz CT molecular complexity index is 466. The maximum atomic E-state index is 12.3. The number of hydrogen-bond donors (Lipinski definition) is 2. The first-order valence-corrected chi connectivity index (χ1v) is 8.61. The lowest BCUT2D eigenvalue weighted by Crippen LogP contribution is -2.29. The molecule has 0 aliphatic carbocycles. The zero-order chi connectivity index (χ0) is 15.1. The minimum absolute atomic E-state index is 0.0343. The van der Waals surface area contributed by atoms with Crippen LogP contribution in [0.1, 0.15) is 29.8 Å². The van der Waals surface area contributed by atoms with Gasteiger partial charge in [0.1, 0.15) is 11.5 Å². The number of aliphatic hydroxyl groups excluding tert-OH is 1. The van der Waals surface area contributed by atoms with Crippen LogP contribution in [0.5, 0.6) is 0 Å². The van der Waals surface area contributed by atoms with Crippen molar-refractivity contribution in [3.63, 3.8) is 0 Å². The lowest BCUT2D eigenvalue weighted by Gasteiger charge is -2.18. The van der Waals surface area contributed by atoms with Crippen molar-refractivity contribution in [2.24, 2.45) is 0 Å². The Hall–Kier alpha value is -1.34. The summed E-state index contributed by atoms with van der Waals surface area (Å²) in [7, 11) is 0. The minimum Gasteiger partial charge on any atom is -0.394 e. The van der Waals surface area contributed by atoms with Crippen LogP contribution in [0.15, 0.2) is 12.4 Å². The van der Waals surface area contributed by atoms with Crippen molar-refractivity contribution in [1.29, 1.82) is 0 Å². The van der Waals surface area contributed by atoms with Crippen molar-refractivity contribution >= 4 is 23.5 Å². The number of anilines is 1. The van der Waals surface area contributed by atoms with Gasteiger partial charge < -0.3 is 15.3 Å². The third kappa shape index (κ3) is 4.57. The molecule has 0 spiro atoms. The van der Waals surface area contributed by atoms with E-state index < -0.39 is 0 Å². The molecule has 1 aromatic rings. The molecule has 1 aromatic heterocycles. The number of aromatic nitrogens is 2. The average molecular weight is 310 g/mol.